The van der Waals surface area contributed by atoms with Crippen LogP contribution in [0.1, 0.15) is 19.4 Å². The first-order chi connectivity index (χ1) is 8.58. The molecule has 0 bridgehead atoms. The van der Waals surface area contributed by atoms with Crippen LogP contribution < -0.4 is 9.47 Å². The van der Waals surface area contributed by atoms with Crippen LogP contribution in [0.4, 0.5) is 0 Å². The molecular weight excluding hydrogens is 252 g/mol. The zero-order valence-corrected chi connectivity index (χ0v) is 12.0. The molecule has 0 aliphatic carbocycles. The second-order valence-corrected chi connectivity index (χ2v) is 4.19. The standard InChI is InChI=1S/C13H19ClN2O2/c1-5-17-12-8-10(9-15-16(3)4)7-11(14)13(12)18-6-2/h7-9H,5-6H2,1-4H3/b15-9+. The normalized spacial score (nSPS) is 10.7. The van der Waals surface area contributed by atoms with E-state index in [0.29, 0.717) is 29.7 Å². The average Bonchev–Trinajstić information content (AvgIpc) is 2.31. The minimum absolute atomic E-state index is 0.531. The fourth-order valence-corrected chi connectivity index (χ4v) is 1.67. The minimum atomic E-state index is 0.531. The SMILES string of the molecule is CCOc1cc(/C=N/N(C)C)cc(Cl)c1OCC. The van der Waals surface area contributed by atoms with Gasteiger partial charge in [0.25, 0.3) is 0 Å². The van der Waals surface area contributed by atoms with Crippen LogP contribution in [0.15, 0.2) is 17.2 Å². The summed E-state index contributed by atoms with van der Waals surface area (Å²) < 4.78 is 11.0. The first kappa shape index (κ1) is 14.6. The summed E-state index contributed by atoms with van der Waals surface area (Å²) in [4.78, 5) is 0. The van der Waals surface area contributed by atoms with Crippen molar-refractivity contribution in [2.75, 3.05) is 27.3 Å². The topological polar surface area (TPSA) is 34.1 Å². The lowest BCUT2D eigenvalue weighted by Crippen LogP contribution is -2.03. The molecule has 0 aromatic heterocycles. The third-order valence-corrected chi connectivity index (χ3v) is 2.34. The van der Waals surface area contributed by atoms with E-state index in [2.05, 4.69) is 5.10 Å². The van der Waals surface area contributed by atoms with Gasteiger partial charge in [0.05, 0.1) is 24.5 Å². The van der Waals surface area contributed by atoms with E-state index in [0.717, 1.165) is 5.56 Å². The van der Waals surface area contributed by atoms with Crippen LogP contribution in [0.2, 0.25) is 5.02 Å². The largest absolute Gasteiger partial charge is 0.490 e. The van der Waals surface area contributed by atoms with Gasteiger partial charge < -0.3 is 14.5 Å². The Morgan fingerprint density at radius 2 is 1.89 bits per heavy atom. The highest BCUT2D eigenvalue weighted by Crippen LogP contribution is 2.36. The van der Waals surface area contributed by atoms with Crippen molar-refractivity contribution in [1.29, 1.82) is 0 Å². The third kappa shape index (κ3) is 4.11. The molecule has 1 aromatic carbocycles. The second kappa shape index (κ2) is 7.11. The summed E-state index contributed by atoms with van der Waals surface area (Å²) in [5.74, 6) is 1.23. The molecule has 0 heterocycles. The van der Waals surface area contributed by atoms with Crippen LogP contribution in [0.25, 0.3) is 0 Å². The average molecular weight is 271 g/mol. The van der Waals surface area contributed by atoms with E-state index < -0.39 is 0 Å². The first-order valence-corrected chi connectivity index (χ1v) is 6.26. The molecule has 1 rings (SSSR count). The third-order valence-electron chi connectivity index (χ3n) is 2.06. The Hall–Kier alpha value is -1.42. The molecule has 18 heavy (non-hydrogen) atoms. The molecule has 0 spiro atoms. The van der Waals surface area contributed by atoms with Crippen molar-refractivity contribution < 1.29 is 9.47 Å². The summed E-state index contributed by atoms with van der Waals surface area (Å²) in [6, 6.07) is 3.68. The van der Waals surface area contributed by atoms with Crippen molar-refractivity contribution in [3.05, 3.63) is 22.7 Å². The summed E-state index contributed by atoms with van der Waals surface area (Å²) in [7, 11) is 3.71. The lowest BCUT2D eigenvalue weighted by atomic mass is 10.2. The van der Waals surface area contributed by atoms with Crippen LogP contribution >= 0.6 is 11.6 Å². The number of hydrogen-bond acceptors (Lipinski definition) is 4. The van der Waals surface area contributed by atoms with Gasteiger partial charge >= 0.3 is 0 Å². The number of ether oxygens (including phenoxy) is 2. The molecule has 0 amide bonds. The summed E-state index contributed by atoms with van der Waals surface area (Å²) in [6.45, 7) is 4.94. The molecule has 0 saturated carbocycles. The molecule has 0 unspecified atom stereocenters. The van der Waals surface area contributed by atoms with Crippen molar-refractivity contribution >= 4 is 17.8 Å². The van der Waals surface area contributed by atoms with Gasteiger partial charge in [-0.25, -0.2) is 0 Å². The Balaban J connectivity index is 3.09. The number of halogens is 1. The summed E-state index contributed by atoms with van der Waals surface area (Å²) in [5.41, 5.74) is 0.876. The molecule has 1 aromatic rings. The highest BCUT2D eigenvalue weighted by atomic mass is 35.5. The summed E-state index contributed by atoms with van der Waals surface area (Å²) in [5, 5.41) is 6.41. The van der Waals surface area contributed by atoms with Crippen molar-refractivity contribution in [2.45, 2.75) is 13.8 Å². The molecule has 5 heteroatoms. The van der Waals surface area contributed by atoms with Crippen LogP contribution in [0.5, 0.6) is 11.5 Å². The molecule has 0 N–H and O–H groups in total. The van der Waals surface area contributed by atoms with E-state index in [4.69, 9.17) is 21.1 Å². The molecule has 4 nitrogen and oxygen atoms in total. The van der Waals surface area contributed by atoms with Gasteiger partial charge in [-0.2, -0.15) is 5.10 Å². The van der Waals surface area contributed by atoms with Crippen molar-refractivity contribution in [2.24, 2.45) is 5.10 Å². The van der Waals surface area contributed by atoms with E-state index in [1.807, 2.05) is 40.1 Å². The van der Waals surface area contributed by atoms with Gasteiger partial charge in [0.1, 0.15) is 0 Å². The zero-order chi connectivity index (χ0) is 13.5. The predicted molar refractivity (Wildman–Crippen MR) is 75.1 cm³/mol. The Morgan fingerprint density at radius 1 is 1.22 bits per heavy atom. The Labute approximate surface area is 113 Å². The minimum Gasteiger partial charge on any atom is -0.490 e. The lowest BCUT2D eigenvalue weighted by molar-refractivity contribution is 0.288. The van der Waals surface area contributed by atoms with Gasteiger partial charge in [0, 0.05) is 14.1 Å². The number of hydrazone groups is 1. The quantitative estimate of drug-likeness (QED) is 0.589. The van der Waals surface area contributed by atoms with Gasteiger partial charge in [-0.3, -0.25) is 0 Å². The van der Waals surface area contributed by atoms with Crippen molar-refractivity contribution in [3.8, 4) is 11.5 Å². The van der Waals surface area contributed by atoms with Crippen LogP contribution in [0, 0.1) is 0 Å². The fraction of sp³-hybridized carbons (Fsp3) is 0.462. The molecule has 0 atom stereocenters. The highest BCUT2D eigenvalue weighted by Gasteiger charge is 2.11. The maximum absolute atomic E-state index is 6.18. The van der Waals surface area contributed by atoms with Gasteiger partial charge in [-0.05, 0) is 31.5 Å². The lowest BCUT2D eigenvalue weighted by Gasteiger charge is -2.13. The Kier molecular flexibility index (Phi) is 5.78. The molecular formula is C13H19ClN2O2. The smallest absolute Gasteiger partial charge is 0.179 e. The summed E-state index contributed by atoms with van der Waals surface area (Å²) in [6.07, 6.45) is 1.73. The first-order valence-electron chi connectivity index (χ1n) is 5.88. The van der Waals surface area contributed by atoms with Crippen molar-refractivity contribution in [1.82, 2.24) is 5.01 Å². The van der Waals surface area contributed by atoms with Crippen LogP contribution in [-0.2, 0) is 0 Å². The van der Waals surface area contributed by atoms with Crippen molar-refractivity contribution in [3.63, 3.8) is 0 Å². The molecule has 0 aliphatic heterocycles. The van der Waals surface area contributed by atoms with E-state index in [1.54, 1.807) is 11.2 Å². The van der Waals surface area contributed by atoms with Gasteiger partial charge in [0.2, 0.25) is 0 Å². The van der Waals surface area contributed by atoms with E-state index >= 15 is 0 Å². The van der Waals surface area contributed by atoms with E-state index in [-0.39, 0.29) is 0 Å². The monoisotopic (exact) mass is 270 g/mol. The molecule has 0 saturated heterocycles. The Bertz CT molecular complexity index is 420. The van der Waals surface area contributed by atoms with Gasteiger partial charge in [-0.1, -0.05) is 11.6 Å². The van der Waals surface area contributed by atoms with E-state index in [1.165, 1.54) is 0 Å². The number of nitrogens with zero attached hydrogens (tertiary/aromatic N) is 2. The number of benzene rings is 1. The molecule has 0 aliphatic rings. The predicted octanol–water partition coefficient (Wildman–Crippen LogP) is 3.03. The highest BCUT2D eigenvalue weighted by molar-refractivity contribution is 6.32. The fourth-order valence-electron chi connectivity index (χ4n) is 1.39. The second-order valence-electron chi connectivity index (χ2n) is 3.79. The maximum Gasteiger partial charge on any atom is 0.179 e. The van der Waals surface area contributed by atoms with E-state index in [9.17, 15) is 0 Å². The van der Waals surface area contributed by atoms with Crippen LogP contribution in [0.3, 0.4) is 0 Å². The molecule has 100 valence electrons. The molecule has 0 fully saturated rings. The van der Waals surface area contributed by atoms with Gasteiger partial charge in [0.15, 0.2) is 11.5 Å². The Morgan fingerprint density at radius 3 is 2.44 bits per heavy atom. The molecule has 0 radical (unpaired) electrons. The zero-order valence-electron chi connectivity index (χ0n) is 11.2. The number of rotatable bonds is 6. The maximum atomic E-state index is 6.18. The summed E-state index contributed by atoms with van der Waals surface area (Å²) >= 11 is 6.18. The van der Waals surface area contributed by atoms with Crippen LogP contribution in [-0.4, -0.2) is 38.5 Å². The number of hydrogen-bond donors (Lipinski definition) is 0. The van der Waals surface area contributed by atoms with Gasteiger partial charge in [-0.15, -0.1) is 0 Å².